The second kappa shape index (κ2) is 9.03. The molecule has 0 N–H and O–H groups in total. The van der Waals surface area contributed by atoms with Gasteiger partial charge in [0, 0.05) is 17.1 Å². The van der Waals surface area contributed by atoms with Crippen LogP contribution in [0.1, 0.15) is 46.8 Å². The zero-order valence-electron chi connectivity index (χ0n) is 16.2. The summed E-state index contributed by atoms with van der Waals surface area (Å²) < 4.78 is 5.48. The van der Waals surface area contributed by atoms with Gasteiger partial charge in [0.25, 0.3) is 5.91 Å². The van der Waals surface area contributed by atoms with E-state index in [0.29, 0.717) is 16.5 Å². The van der Waals surface area contributed by atoms with E-state index in [1.165, 1.54) is 26.7 Å². The van der Waals surface area contributed by atoms with Crippen molar-refractivity contribution in [1.82, 2.24) is 0 Å². The number of para-hydroxylation sites is 1. The number of aryl methyl sites for hydroxylation is 1. The normalized spacial score (nSPS) is 16.5. The molecule has 6 heteroatoms. The predicted molar refractivity (Wildman–Crippen MR) is 109 cm³/mol. The summed E-state index contributed by atoms with van der Waals surface area (Å²) in [4.78, 5) is 28.8. The Labute approximate surface area is 169 Å². The number of ether oxygens (including phenoxy) is 1. The van der Waals surface area contributed by atoms with E-state index >= 15 is 0 Å². The minimum Gasteiger partial charge on any atom is -0.448 e. The third-order valence-electron chi connectivity index (χ3n) is 4.94. The number of esters is 1. The lowest BCUT2D eigenvalue weighted by Gasteiger charge is -2.25. The molecule has 0 saturated carbocycles. The number of hydrogen-bond acceptors (Lipinski definition) is 5. The molecule has 0 bridgehead atoms. The van der Waals surface area contributed by atoms with Crippen molar-refractivity contribution in [1.29, 1.82) is 5.26 Å². The second-order valence-electron chi connectivity index (χ2n) is 7.19. The Morgan fingerprint density at radius 2 is 2.11 bits per heavy atom. The summed E-state index contributed by atoms with van der Waals surface area (Å²) in [6, 6.07) is 13.1. The van der Waals surface area contributed by atoms with Crippen LogP contribution in [0, 0.1) is 17.2 Å². The van der Waals surface area contributed by atoms with E-state index in [1.807, 2.05) is 24.3 Å². The molecule has 1 aromatic heterocycles. The number of fused-ring (bicyclic) bond motifs is 1. The van der Waals surface area contributed by atoms with E-state index in [4.69, 9.17) is 10.00 Å². The van der Waals surface area contributed by atoms with Gasteiger partial charge in [0.15, 0.2) is 6.10 Å². The van der Waals surface area contributed by atoms with Crippen LogP contribution in [0.4, 0.5) is 5.69 Å². The molecule has 28 heavy (non-hydrogen) atoms. The number of rotatable bonds is 6. The number of nitriles is 1. The van der Waals surface area contributed by atoms with Crippen molar-refractivity contribution >= 4 is 28.9 Å². The third kappa shape index (κ3) is 4.60. The van der Waals surface area contributed by atoms with E-state index in [-0.39, 0.29) is 18.9 Å². The molecule has 146 valence electrons. The molecule has 0 spiro atoms. The van der Waals surface area contributed by atoms with Crippen LogP contribution in [0.5, 0.6) is 0 Å². The van der Waals surface area contributed by atoms with E-state index < -0.39 is 12.1 Å². The fraction of sp³-hybridized carbons (Fsp3) is 0.409. The zero-order chi connectivity index (χ0) is 20.1. The summed E-state index contributed by atoms with van der Waals surface area (Å²) in [5.74, 6) is -0.156. The highest BCUT2D eigenvalue weighted by Gasteiger charge is 2.27. The summed E-state index contributed by atoms with van der Waals surface area (Å²) >= 11 is 1.48. The molecule has 1 aliphatic rings. The number of hydrogen-bond donors (Lipinski definition) is 0. The fourth-order valence-electron chi connectivity index (χ4n) is 3.43. The number of nitrogens with zero attached hydrogens (tertiary/aromatic N) is 2. The molecule has 0 saturated heterocycles. The first-order chi connectivity index (χ1) is 13.5. The molecule has 0 fully saturated rings. The molecule has 1 aliphatic carbocycles. The smallest absolute Gasteiger partial charge is 0.349 e. The Balaban J connectivity index is 1.70. The molecule has 2 unspecified atom stereocenters. The van der Waals surface area contributed by atoms with Crippen molar-refractivity contribution in [3.63, 3.8) is 0 Å². The Morgan fingerprint density at radius 3 is 2.82 bits per heavy atom. The van der Waals surface area contributed by atoms with Gasteiger partial charge in [-0.15, -0.1) is 11.3 Å². The van der Waals surface area contributed by atoms with E-state index in [9.17, 15) is 9.59 Å². The number of benzene rings is 1. The summed E-state index contributed by atoms with van der Waals surface area (Å²) in [5, 5.41) is 8.90. The fourth-order valence-corrected chi connectivity index (χ4v) is 4.52. The SMILES string of the molecule is CC1CCc2sc(C(=O)OC(C)C(=O)N(CCC#N)c3ccccc3)cc2C1. The van der Waals surface area contributed by atoms with Crippen LogP contribution < -0.4 is 4.90 Å². The summed E-state index contributed by atoms with van der Waals surface area (Å²) in [6.07, 6.45) is 2.41. The van der Waals surface area contributed by atoms with Gasteiger partial charge in [0.1, 0.15) is 4.88 Å². The second-order valence-corrected chi connectivity index (χ2v) is 8.32. The van der Waals surface area contributed by atoms with Crippen LogP contribution in [0.25, 0.3) is 0 Å². The van der Waals surface area contributed by atoms with Gasteiger partial charge < -0.3 is 9.64 Å². The maximum Gasteiger partial charge on any atom is 0.349 e. The highest BCUT2D eigenvalue weighted by atomic mass is 32.1. The average molecular weight is 397 g/mol. The highest BCUT2D eigenvalue weighted by Crippen LogP contribution is 2.32. The van der Waals surface area contributed by atoms with E-state index in [0.717, 1.165) is 19.3 Å². The largest absolute Gasteiger partial charge is 0.448 e. The zero-order valence-corrected chi connectivity index (χ0v) is 17.0. The van der Waals surface area contributed by atoms with Crippen molar-refractivity contribution in [2.24, 2.45) is 5.92 Å². The molecule has 2 aromatic rings. The minimum absolute atomic E-state index is 0.205. The van der Waals surface area contributed by atoms with Crippen molar-refractivity contribution in [3.8, 4) is 6.07 Å². The molecular formula is C22H24N2O3S. The van der Waals surface area contributed by atoms with Gasteiger partial charge in [0.2, 0.25) is 0 Å². The lowest BCUT2D eigenvalue weighted by molar-refractivity contribution is -0.126. The van der Waals surface area contributed by atoms with Gasteiger partial charge in [-0.1, -0.05) is 25.1 Å². The van der Waals surface area contributed by atoms with Crippen molar-refractivity contribution in [2.45, 2.75) is 45.6 Å². The predicted octanol–water partition coefficient (Wildman–Crippen LogP) is 4.37. The van der Waals surface area contributed by atoms with Crippen LogP contribution in [0.15, 0.2) is 36.4 Å². The van der Waals surface area contributed by atoms with Gasteiger partial charge in [-0.25, -0.2) is 4.79 Å². The molecule has 1 aromatic carbocycles. The number of anilines is 1. The molecule has 3 rings (SSSR count). The molecule has 1 amide bonds. The first-order valence-electron chi connectivity index (χ1n) is 9.55. The third-order valence-corrected chi connectivity index (χ3v) is 6.16. The van der Waals surface area contributed by atoms with Gasteiger partial charge >= 0.3 is 5.97 Å². The monoisotopic (exact) mass is 396 g/mol. The van der Waals surface area contributed by atoms with Gasteiger partial charge in [-0.2, -0.15) is 5.26 Å². The Morgan fingerprint density at radius 1 is 1.36 bits per heavy atom. The highest BCUT2D eigenvalue weighted by molar-refractivity contribution is 7.14. The lowest BCUT2D eigenvalue weighted by atomic mass is 9.90. The van der Waals surface area contributed by atoms with Gasteiger partial charge in [-0.05, 0) is 55.9 Å². The topological polar surface area (TPSA) is 70.4 Å². The van der Waals surface area contributed by atoms with Gasteiger partial charge in [-0.3, -0.25) is 4.79 Å². The molecule has 0 aliphatic heterocycles. The average Bonchev–Trinajstić information content (AvgIpc) is 3.12. The Kier molecular flexibility index (Phi) is 6.48. The Hall–Kier alpha value is -2.65. The van der Waals surface area contributed by atoms with E-state index in [1.54, 1.807) is 19.1 Å². The van der Waals surface area contributed by atoms with Crippen molar-refractivity contribution in [2.75, 3.05) is 11.4 Å². The van der Waals surface area contributed by atoms with Crippen LogP contribution in [-0.4, -0.2) is 24.5 Å². The summed E-state index contributed by atoms with van der Waals surface area (Å²) in [6.45, 7) is 4.06. The quantitative estimate of drug-likeness (QED) is 0.680. The standard InChI is InChI=1S/C22H24N2O3S/c1-15-9-10-19-17(13-15)14-20(28-19)22(26)27-16(2)21(25)24(12-6-11-23)18-7-4-3-5-8-18/h3-5,7-8,14-16H,6,9-10,12-13H2,1-2H3. The minimum atomic E-state index is -0.926. The molecule has 0 radical (unpaired) electrons. The molecular weight excluding hydrogens is 372 g/mol. The Bertz CT molecular complexity index is 885. The number of thiophene rings is 1. The lowest BCUT2D eigenvalue weighted by Crippen LogP contribution is -2.40. The number of carbonyl (C=O) groups excluding carboxylic acids is 2. The molecule has 2 atom stereocenters. The van der Waals surface area contributed by atoms with Crippen molar-refractivity contribution < 1.29 is 14.3 Å². The van der Waals surface area contributed by atoms with Crippen LogP contribution >= 0.6 is 11.3 Å². The van der Waals surface area contributed by atoms with E-state index in [2.05, 4.69) is 13.0 Å². The van der Waals surface area contributed by atoms with Crippen molar-refractivity contribution in [3.05, 3.63) is 51.7 Å². The van der Waals surface area contributed by atoms with Gasteiger partial charge in [0.05, 0.1) is 12.5 Å². The molecule has 5 nitrogen and oxygen atoms in total. The first kappa shape index (κ1) is 20.1. The summed E-state index contributed by atoms with van der Waals surface area (Å²) in [7, 11) is 0. The maximum atomic E-state index is 12.9. The first-order valence-corrected chi connectivity index (χ1v) is 10.4. The van der Waals surface area contributed by atoms with Crippen LogP contribution in [0.2, 0.25) is 0 Å². The van der Waals surface area contributed by atoms with Crippen LogP contribution in [0.3, 0.4) is 0 Å². The summed E-state index contributed by atoms with van der Waals surface area (Å²) in [5.41, 5.74) is 1.92. The van der Waals surface area contributed by atoms with Crippen LogP contribution in [-0.2, 0) is 22.4 Å². The number of amides is 1. The number of carbonyl (C=O) groups is 2. The molecule has 1 heterocycles. The maximum absolute atomic E-state index is 12.9.